The standard InChI is InChI=1S/C20H24N2O3S/c1-15-6-8-16(9-7-15)19-5-4-14-22(19)20(23)17-10-12-18(13-11-17)26(24,25)21(2)3/h6-13,19H,4-5,14H2,1-3H3. The van der Waals surface area contributed by atoms with Crippen LogP contribution < -0.4 is 0 Å². The van der Waals surface area contributed by atoms with Crippen molar-refractivity contribution in [3.05, 3.63) is 65.2 Å². The van der Waals surface area contributed by atoms with Crippen molar-refractivity contribution in [3.8, 4) is 0 Å². The van der Waals surface area contributed by atoms with E-state index in [0.717, 1.165) is 29.3 Å². The molecule has 138 valence electrons. The minimum absolute atomic E-state index is 0.0538. The predicted octanol–water partition coefficient (Wildman–Crippen LogP) is 3.22. The number of aryl methyl sites for hydroxylation is 1. The Balaban J connectivity index is 1.83. The molecule has 0 radical (unpaired) electrons. The highest BCUT2D eigenvalue weighted by Crippen LogP contribution is 2.33. The predicted molar refractivity (Wildman–Crippen MR) is 102 cm³/mol. The lowest BCUT2D eigenvalue weighted by Gasteiger charge is -2.25. The van der Waals surface area contributed by atoms with Crippen molar-refractivity contribution in [1.29, 1.82) is 0 Å². The van der Waals surface area contributed by atoms with Gasteiger partial charge in [-0.05, 0) is 49.6 Å². The lowest BCUT2D eigenvalue weighted by atomic mass is 10.0. The maximum atomic E-state index is 13.0. The number of carbonyl (C=O) groups excluding carboxylic acids is 1. The van der Waals surface area contributed by atoms with E-state index in [1.807, 2.05) is 11.8 Å². The van der Waals surface area contributed by atoms with Crippen LogP contribution in [-0.2, 0) is 10.0 Å². The molecule has 0 aliphatic carbocycles. The van der Waals surface area contributed by atoms with Gasteiger partial charge in [-0.1, -0.05) is 29.8 Å². The Morgan fingerprint density at radius 1 is 1.04 bits per heavy atom. The van der Waals surface area contributed by atoms with Crippen molar-refractivity contribution in [2.45, 2.75) is 30.7 Å². The van der Waals surface area contributed by atoms with Crippen LogP contribution in [0.5, 0.6) is 0 Å². The molecular formula is C20H24N2O3S. The number of likely N-dealkylation sites (tertiary alicyclic amines) is 1. The van der Waals surface area contributed by atoms with Gasteiger partial charge in [-0.2, -0.15) is 0 Å². The number of nitrogens with zero attached hydrogens (tertiary/aromatic N) is 2. The Hall–Kier alpha value is -2.18. The molecule has 1 atom stereocenters. The summed E-state index contributed by atoms with van der Waals surface area (Å²) in [5.41, 5.74) is 2.86. The molecule has 1 aliphatic heterocycles. The molecule has 0 aromatic heterocycles. The van der Waals surface area contributed by atoms with E-state index in [4.69, 9.17) is 0 Å². The number of hydrogen-bond acceptors (Lipinski definition) is 3. The van der Waals surface area contributed by atoms with Crippen LogP contribution in [0.1, 0.15) is 40.4 Å². The largest absolute Gasteiger partial charge is 0.332 e. The fourth-order valence-corrected chi connectivity index (χ4v) is 4.19. The van der Waals surface area contributed by atoms with Gasteiger partial charge in [0.05, 0.1) is 10.9 Å². The Bertz CT molecular complexity index is 888. The summed E-state index contributed by atoms with van der Waals surface area (Å²) in [5.74, 6) is -0.0538. The molecule has 1 unspecified atom stereocenters. The molecule has 1 fully saturated rings. The molecule has 26 heavy (non-hydrogen) atoms. The van der Waals surface area contributed by atoms with Gasteiger partial charge in [0, 0.05) is 26.2 Å². The average molecular weight is 372 g/mol. The van der Waals surface area contributed by atoms with Gasteiger partial charge in [-0.15, -0.1) is 0 Å². The van der Waals surface area contributed by atoms with Crippen LogP contribution in [-0.4, -0.2) is 44.2 Å². The van der Waals surface area contributed by atoms with E-state index in [9.17, 15) is 13.2 Å². The van der Waals surface area contributed by atoms with Gasteiger partial charge in [-0.25, -0.2) is 12.7 Å². The third kappa shape index (κ3) is 3.52. The third-order valence-electron chi connectivity index (χ3n) is 4.86. The summed E-state index contributed by atoms with van der Waals surface area (Å²) in [6, 6.07) is 14.6. The number of rotatable bonds is 4. The van der Waals surface area contributed by atoms with E-state index in [-0.39, 0.29) is 16.8 Å². The molecule has 0 N–H and O–H groups in total. The third-order valence-corrected chi connectivity index (χ3v) is 6.68. The maximum Gasteiger partial charge on any atom is 0.254 e. The topological polar surface area (TPSA) is 57.7 Å². The van der Waals surface area contributed by atoms with Crippen molar-refractivity contribution in [3.63, 3.8) is 0 Å². The Morgan fingerprint density at radius 3 is 2.23 bits per heavy atom. The molecule has 3 rings (SSSR count). The van der Waals surface area contributed by atoms with Crippen molar-refractivity contribution in [1.82, 2.24) is 9.21 Å². The van der Waals surface area contributed by atoms with Gasteiger partial charge in [-0.3, -0.25) is 4.79 Å². The monoisotopic (exact) mass is 372 g/mol. The second kappa shape index (κ2) is 7.21. The highest BCUT2D eigenvalue weighted by atomic mass is 32.2. The molecule has 1 saturated heterocycles. The molecule has 6 heteroatoms. The Kier molecular flexibility index (Phi) is 5.16. The summed E-state index contributed by atoms with van der Waals surface area (Å²) in [5, 5.41) is 0. The Labute approximate surface area is 155 Å². The van der Waals surface area contributed by atoms with Gasteiger partial charge in [0.25, 0.3) is 5.91 Å². The van der Waals surface area contributed by atoms with E-state index in [1.165, 1.54) is 31.8 Å². The normalized spacial score (nSPS) is 17.7. The quantitative estimate of drug-likeness (QED) is 0.828. The first-order valence-electron chi connectivity index (χ1n) is 8.71. The van der Waals surface area contributed by atoms with E-state index >= 15 is 0 Å². The first-order valence-corrected chi connectivity index (χ1v) is 10.1. The highest BCUT2D eigenvalue weighted by molar-refractivity contribution is 7.89. The van der Waals surface area contributed by atoms with Crippen molar-refractivity contribution >= 4 is 15.9 Å². The summed E-state index contributed by atoms with van der Waals surface area (Å²) in [6.07, 6.45) is 1.92. The number of sulfonamides is 1. The van der Waals surface area contributed by atoms with Crippen LogP contribution in [0.25, 0.3) is 0 Å². The zero-order chi connectivity index (χ0) is 18.9. The van der Waals surface area contributed by atoms with E-state index in [0.29, 0.717) is 5.56 Å². The van der Waals surface area contributed by atoms with Gasteiger partial charge in [0.2, 0.25) is 10.0 Å². The lowest BCUT2D eigenvalue weighted by Crippen LogP contribution is -2.30. The lowest BCUT2D eigenvalue weighted by molar-refractivity contribution is 0.0735. The molecular weight excluding hydrogens is 348 g/mol. The summed E-state index contributed by atoms with van der Waals surface area (Å²) in [6.45, 7) is 2.76. The molecule has 1 aliphatic rings. The first-order chi connectivity index (χ1) is 12.3. The molecule has 5 nitrogen and oxygen atoms in total. The second-order valence-corrected chi connectivity index (χ2v) is 9.03. The Morgan fingerprint density at radius 2 is 1.65 bits per heavy atom. The summed E-state index contributed by atoms with van der Waals surface area (Å²) < 4.78 is 25.5. The maximum absolute atomic E-state index is 13.0. The van der Waals surface area contributed by atoms with E-state index in [2.05, 4.69) is 24.3 Å². The molecule has 1 amide bonds. The summed E-state index contributed by atoms with van der Waals surface area (Å²) in [7, 11) is -0.506. The minimum atomic E-state index is -3.49. The van der Waals surface area contributed by atoms with Gasteiger partial charge in [0.15, 0.2) is 0 Å². The SMILES string of the molecule is Cc1ccc(C2CCCN2C(=O)c2ccc(S(=O)(=O)N(C)C)cc2)cc1. The van der Waals surface area contributed by atoms with Gasteiger partial charge >= 0.3 is 0 Å². The number of carbonyl (C=O) groups is 1. The van der Waals surface area contributed by atoms with Crippen LogP contribution >= 0.6 is 0 Å². The second-order valence-electron chi connectivity index (χ2n) is 6.88. The average Bonchev–Trinajstić information content (AvgIpc) is 3.11. The highest BCUT2D eigenvalue weighted by Gasteiger charge is 2.30. The number of amides is 1. The van der Waals surface area contributed by atoms with Crippen LogP contribution in [0.15, 0.2) is 53.4 Å². The van der Waals surface area contributed by atoms with Crippen molar-refractivity contribution in [2.24, 2.45) is 0 Å². The van der Waals surface area contributed by atoms with Gasteiger partial charge < -0.3 is 4.90 Å². The van der Waals surface area contributed by atoms with Crippen LogP contribution in [0.4, 0.5) is 0 Å². The van der Waals surface area contributed by atoms with E-state index < -0.39 is 10.0 Å². The zero-order valence-corrected chi connectivity index (χ0v) is 16.2. The molecule has 0 bridgehead atoms. The zero-order valence-electron chi connectivity index (χ0n) is 15.3. The van der Waals surface area contributed by atoms with Crippen LogP contribution in [0, 0.1) is 6.92 Å². The fraction of sp³-hybridized carbons (Fsp3) is 0.350. The van der Waals surface area contributed by atoms with Crippen LogP contribution in [0.3, 0.4) is 0 Å². The van der Waals surface area contributed by atoms with E-state index in [1.54, 1.807) is 12.1 Å². The first kappa shape index (κ1) is 18.6. The fourth-order valence-electron chi connectivity index (χ4n) is 3.29. The summed E-state index contributed by atoms with van der Waals surface area (Å²) >= 11 is 0. The van der Waals surface area contributed by atoms with Gasteiger partial charge in [0.1, 0.15) is 0 Å². The number of benzene rings is 2. The van der Waals surface area contributed by atoms with Crippen molar-refractivity contribution in [2.75, 3.05) is 20.6 Å². The molecule has 1 heterocycles. The molecule has 2 aromatic rings. The van der Waals surface area contributed by atoms with Crippen LogP contribution in [0.2, 0.25) is 0 Å². The molecule has 2 aromatic carbocycles. The minimum Gasteiger partial charge on any atom is -0.332 e. The molecule has 0 spiro atoms. The van der Waals surface area contributed by atoms with Crippen molar-refractivity contribution < 1.29 is 13.2 Å². The molecule has 0 saturated carbocycles. The smallest absolute Gasteiger partial charge is 0.254 e. The number of hydrogen-bond donors (Lipinski definition) is 0. The summed E-state index contributed by atoms with van der Waals surface area (Å²) in [4.78, 5) is 15.0.